The second kappa shape index (κ2) is 4.34. The van der Waals surface area contributed by atoms with E-state index in [4.69, 9.17) is 0 Å². The largest absolute Gasteiger partial charge is 0.481 e. The molecule has 1 saturated heterocycles. The molecule has 5 atom stereocenters. The average Bonchev–Trinajstić information content (AvgIpc) is 2.91. The number of hydrogen-bond donors (Lipinski definition) is 1. The van der Waals surface area contributed by atoms with E-state index in [1.54, 1.807) is 0 Å². The van der Waals surface area contributed by atoms with E-state index < -0.39 is 5.97 Å². The second-order valence-electron chi connectivity index (χ2n) is 7.08. The van der Waals surface area contributed by atoms with Crippen molar-refractivity contribution < 1.29 is 14.7 Å². The maximum atomic E-state index is 12.7. The Balaban J connectivity index is 1.47. The van der Waals surface area contributed by atoms with Crippen LogP contribution in [0.5, 0.6) is 0 Å². The van der Waals surface area contributed by atoms with Gasteiger partial charge in [0.1, 0.15) is 0 Å². The van der Waals surface area contributed by atoms with E-state index in [1.165, 1.54) is 0 Å². The van der Waals surface area contributed by atoms with Gasteiger partial charge in [0.2, 0.25) is 5.91 Å². The number of amides is 1. The van der Waals surface area contributed by atoms with Gasteiger partial charge in [-0.2, -0.15) is 0 Å². The van der Waals surface area contributed by atoms with Crippen LogP contribution in [0, 0.1) is 35.5 Å². The van der Waals surface area contributed by atoms with Crippen molar-refractivity contribution >= 4 is 11.9 Å². The van der Waals surface area contributed by atoms with Crippen LogP contribution >= 0.6 is 0 Å². The van der Waals surface area contributed by atoms with Crippen LogP contribution in [0.25, 0.3) is 0 Å². The molecule has 3 unspecified atom stereocenters. The van der Waals surface area contributed by atoms with E-state index in [2.05, 4.69) is 12.2 Å². The quantitative estimate of drug-likeness (QED) is 0.799. The summed E-state index contributed by atoms with van der Waals surface area (Å²) in [5.74, 6) is 1.04. The summed E-state index contributed by atoms with van der Waals surface area (Å²) < 4.78 is 0. The van der Waals surface area contributed by atoms with Crippen LogP contribution in [0.4, 0.5) is 0 Å². The average molecular weight is 275 g/mol. The smallest absolute Gasteiger partial charge is 0.308 e. The lowest BCUT2D eigenvalue weighted by Gasteiger charge is -2.24. The van der Waals surface area contributed by atoms with Crippen molar-refractivity contribution in [2.45, 2.75) is 25.7 Å². The molecule has 0 spiro atoms. The summed E-state index contributed by atoms with van der Waals surface area (Å²) in [4.78, 5) is 26.0. The third kappa shape index (κ3) is 1.88. The van der Waals surface area contributed by atoms with Gasteiger partial charge in [0.25, 0.3) is 0 Å². The molecule has 1 heterocycles. The van der Waals surface area contributed by atoms with Crippen LogP contribution in [0.3, 0.4) is 0 Å². The maximum Gasteiger partial charge on any atom is 0.308 e. The standard InChI is InChI=1S/C16H21NO3/c18-15(12-6-9-1-2-11(12)5-9)17-7-13(10-3-4-10)14(8-17)16(19)20/h1-2,9-14H,3-8H2,(H,19,20)/t9?,11?,12?,13-,14+/m1/s1. The number of carbonyl (C=O) groups is 2. The molecule has 1 amide bonds. The molecular formula is C16H21NO3. The molecule has 2 bridgehead atoms. The van der Waals surface area contributed by atoms with Gasteiger partial charge in [-0.1, -0.05) is 12.2 Å². The molecule has 1 aliphatic heterocycles. The van der Waals surface area contributed by atoms with E-state index in [9.17, 15) is 14.7 Å². The van der Waals surface area contributed by atoms with Gasteiger partial charge in [-0.25, -0.2) is 0 Å². The molecular weight excluding hydrogens is 254 g/mol. The number of nitrogens with zero attached hydrogens (tertiary/aromatic N) is 1. The van der Waals surface area contributed by atoms with E-state index in [0.717, 1.165) is 25.7 Å². The minimum Gasteiger partial charge on any atom is -0.481 e. The van der Waals surface area contributed by atoms with Crippen LogP contribution in [-0.4, -0.2) is 35.0 Å². The topological polar surface area (TPSA) is 57.6 Å². The fourth-order valence-electron chi connectivity index (χ4n) is 4.57. The van der Waals surface area contributed by atoms with E-state index in [1.807, 2.05) is 4.90 Å². The Kier molecular flexibility index (Phi) is 2.69. The monoisotopic (exact) mass is 275 g/mol. The fourth-order valence-corrected chi connectivity index (χ4v) is 4.57. The highest BCUT2D eigenvalue weighted by atomic mass is 16.4. The Morgan fingerprint density at radius 2 is 1.85 bits per heavy atom. The number of carbonyl (C=O) groups excluding carboxylic acids is 1. The second-order valence-corrected chi connectivity index (χ2v) is 7.08. The van der Waals surface area contributed by atoms with Crippen molar-refractivity contribution in [3.8, 4) is 0 Å². The number of allylic oxidation sites excluding steroid dienone is 2. The van der Waals surface area contributed by atoms with E-state index >= 15 is 0 Å². The van der Waals surface area contributed by atoms with Gasteiger partial charge >= 0.3 is 5.97 Å². The third-order valence-corrected chi connectivity index (χ3v) is 5.82. The number of hydrogen-bond acceptors (Lipinski definition) is 2. The van der Waals surface area contributed by atoms with Crippen LogP contribution in [0.15, 0.2) is 12.2 Å². The highest BCUT2D eigenvalue weighted by molar-refractivity contribution is 5.82. The predicted molar refractivity (Wildman–Crippen MR) is 72.8 cm³/mol. The summed E-state index contributed by atoms with van der Waals surface area (Å²) in [6.07, 6.45) is 8.83. The van der Waals surface area contributed by atoms with Gasteiger partial charge in [0.15, 0.2) is 0 Å². The number of carboxylic acids is 1. The minimum atomic E-state index is -0.718. The third-order valence-electron chi connectivity index (χ3n) is 5.82. The zero-order chi connectivity index (χ0) is 13.9. The zero-order valence-electron chi connectivity index (χ0n) is 11.6. The normalized spacial score (nSPS) is 42.4. The first-order valence-corrected chi connectivity index (χ1v) is 7.83. The first-order valence-electron chi connectivity index (χ1n) is 7.83. The first kappa shape index (κ1) is 12.4. The van der Waals surface area contributed by atoms with Crippen LogP contribution in [0.1, 0.15) is 25.7 Å². The van der Waals surface area contributed by atoms with Gasteiger partial charge in [-0.3, -0.25) is 9.59 Å². The summed E-state index contributed by atoms with van der Waals surface area (Å²) >= 11 is 0. The van der Waals surface area contributed by atoms with Crippen LogP contribution in [0.2, 0.25) is 0 Å². The Morgan fingerprint density at radius 3 is 2.40 bits per heavy atom. The molecule has 0 radical (unpaired) electrons. The zero-order valence-corrected chi connectivity index (χ0v) is 11.6. The van der Waals surface area contributed by atoms with Crippen molar-refractivity contribution in [1.82, 2.24) is 4.90 Å². The Labute approximate surface area is 118 Å². The molecule has 3 fully saturated rings. The molecule has 0 aromatic rings. The number of rotatable bonds is 3. The van der Waals surface area contributed by atoms with E-state index in [-0.39, 0.29) is 23.7 Å². The van der Waals surface area contributed by atoms with Crippen LogP contribution < -0.4 is 0 Å². The molecule has 4 rings (SSSR count). The summed E-state index contributed by atoms with van der Waals surface area (Å²) in [6, 6.07) is 0. The Hall–Kier alpha value is -1.32. The van der Waals surface area contributed by atoms with E-state index in [0.29, 0.717) is 30.8 Å². The molecule has 20 heavy (non-hydrogen) atoms. The fraction of sp³-hybridized carbons (Fsp3) is 0.750. The number of carboxylic acid groups (broad SMARTS) is 1. The van der Waals surface area contributed by atoms with Crippen molar-refractivity contribution in [2.24, 2.45) is 35.5 Å². The molecule has 4 heteroatoms. The summed E-state index contributed by atoms with van der Waals surface area (Å²) in [5, 5.41) is 9.38. The number of aliphatic carboxylic acids is 1. The molecule has 0 aromatic heterocycles. The molecule has 1 N–H and O–H groups in total. The minimum absolute atomic E-state index is 0.123. The summed E-state index contributed by atoms with van der Waals surface area (Å²) in [5.41, 5.74) is 0. The Bertz CT molecular complexity index is 482. The summed E-state index contributed by atoms with van der Waals surface area (Å²) in [7, 11) is 0. The van der Waals surface area contributed by atoms with Crippen LogP contribution in [-0.2, 0) is 9.59 Å². The van der Waals surface area contributed by atoms with Gasteiger partial charge in [0, 0.05) is 19.0 Å². The molecule has 3 aliphatic carbocycles. The lowest BCUT2D eigenvalue weighted by atomic mass is 9.92. The van der Waals surface area contributed by atoms with Crippen molar-refractivity contribution in [3.05, 3.63) is 12.2 Å². The van der Waals surface area contributed by atoms with Gasteiger partial charge in [0.05, 0.1) is 5.92 Å². The molecule has 4 nitrogen and oxygen atoms in total. The first-order chi connectivity index (χ1) is 9.63. The maximum absolute atomic E-state index is 12.7. The Morgan fingerprint density at radius 1 is 1.05 bits per heavy atom. The highest BCUT2D eigenvalue weighted by Crippen LogP contribution is 2.47. The van der Waals surface area contributed by atoms with Gasteiger partial charge in [-0.05, 0) is 49.4 Å². The number of likely N-dealkylation sites (tertiary alicyclic amines) is 1. The predicted octanol–water partition coefficient (Wildman–Crippen LogP) is 1.77. The summed E-state index contributed by atoms with van der Waals surface area (Å²) in [6.45, 7) is 1.12. The number of fused-ring (bicyclic) bond motifs is 2. The lowest BCUT2D eigenvalue weighted by Crippen LogP contribution is -2.36. The van der Waals surface area contributed by atoms with Gasteiger partial charge < -0.3 is 10.0 Å². The molecule has 2 saturated carbocycles. The highest BCUT2D eigenvalue weighted by Gasteiger charge is 2.49. The molecule has 0 aromatic carbocycles. The molecule has 4 aliphatic rings. The van der Waals surface area contributed by atoms with Crippen molar-refractivity contribution in [2.75, 3.05) is 13.1 Å². The van der Waals surface area contributed by atoms with Crippen molar-refractivity contribution in [3.63, 3.8) is 0 Å². The molecule has 108 valence electrons. The van der Waals surface area contributed by atoms with Gasteiger partial charge in [-0.15, -0.1) is 0 Å². The lowest BCUT2D eigenvalue weighted by molar-refractivity contribution is -0.143. The van der Waals surface area contributed by atoms with Crippen molar-refractivity contribution in [1.29, 1.82) is 0 Å². The SMILES string of the molecule is O=C(O)[C@H]1CN(C(=O)C2CC3C=CC2C3)C[C@@H]1C1CC1.